The number of aromatic nitrogens is 1. The molecule has 0 aliphatic carbocycles. The van der Waals surface area contributed by atoms with Gasteiger partial charge in [0.1, 0.15) is 5.69 Å². The van der Waals surface area contributed by atoms with Crippen molar-refractivity contribution < 1.29 is 22.4 Å². The highest BCUT2D eigenvalue weighted by Gasteiger charge is 2.30. The van der Waals surface area contributed by atoms with Crippen LogP contribution in [-0.2, 0) is 0 Å². The second-order valence-electron chi connectivity index (χ2n) is 3.54. The zero-order valence-corrected chi connectivity index (χ0v) is 8.88. The summed E-state index contributed by atoms with van der Waals surface area (Å²) >= 11 is 0. The Balaban J connectivity index is 2.61. The topological polar surface area (TPSA) is 42.0 Å². The first kappa shape index (κ1) is 13.4. The van der Waals surface area contributed by atoms with E-state index in [1.807, 2.05) is 0 Å². The first-order chi connectivity index (χ1) is 7.78. The predicted molar refractivity (Wildman–Crippen MR) is 51.8 cm³/mol. The van der Waals surface area contributed by atoms with Gasteiger partial charge in [0.05, 0.1) is 6.42 Å². The summed E-state index contributed by atoms with van der Waals surface area (Å²) < 4.78 is 48.7. The van der Waals surface area contributed by atoms with Crippen molar-refractivity contribution in [2.75, 3.05) is 0 Å². The van der Waals surface area contributed by atoms with E-state index in [1.165, 1.54) is 19.1 Å². The summed E-state index contributed by atoms with van der Waals surface area (Å²) in [6, 6.07) is 2.42. The van der Waals surface area contributed by atoms with E-state index in [-0.39, 0.29) is 5.69 Å². The Hall–Kier alpha value is -1.66. The molecular formula is C10H10F4N2O. The van der Waals surface area contributed by atoms with Crippen LogP contribution in [0.4, 0.5) is 17.6 Å². The highest BCUT2D eigenvalue weighted by Crippen LogP contribution is 2.21. The van der Waals surface area contributed by atoms with Gasteiger partial charge in [-0.05, 0) is 19.1 Å². The number of halogens is 4. The number of nitrogens with zero attached hydrogens (tertiary/aromatic N) is 1. The maximum absolute atomic E-state index is 12.7. The van der Waals surface area contributed by atoms with Gasteiger partial charge in [-0.3, -0.25) is 4.79 Å². The lowest BCUT2D eigenvalue weighted by atomic mass is 10.2. The summed E-state index contributed by atoms with van der Waals surface area (Å²) in [6.07, 6.45) is -5.50. The van der Waals surface area contributed by atoms with Crippen LogP contribution in [0.1, 0.15) is 23.8 Å². The molecule has 94 valence electrons. The van der Waals surface area contributed by atoms with E-state index >= 15 is 0 Å². The van der Waals surface area contributed by atoms with E-state index in [9.17, 15) is 22.4 Å². The third kappa shape index (κ3) is 4.80. The summed E-state index contributed by atoms with van der Waals surface area (Å²) in [6.45, 7) is 1.21. The normalized spacial score (nSPS) is 13.2. The average Bonchev–Trinajstić information content (AvgIpc) is 2.14. The minimum atomic E-state index is -4.36. The Morgan fingerprint density at radius 3 is 2.65 bits per heavy atom. The highest BCUT2D eigenvalue weighted by atomic mass is 19.4. The number of amides is 1. The average molecular weight is 250 g/mol. The fraction of sp³-hybridized carbons (Fsp3) is 0.400. The van der Waals surface area contributed by atoms with Gasteiger partial charge in [0.2, 0.25) is 5.95 Å². The van der Waals surface area contributed by atoms with Crippen molar-refractivity contribution in [3.8, 4) is 0 Å². The van der Waals surface area contributed by atoms with Crippen molar-refractivity contribution in [2.24, 2.45) is 0 Å². The molecule has 1 N–H and O–H groups in total. The van der Waals surface area contributed by atoms with Crippen LogP contribution in [0.5, 0.6) is 0 Å². The van der Waals surface area contributed by atoms with Gasteiger partial charge >= 0.3 is 6.18 Å². The number of carbonyl (C=O) groups excluding carboxylic acids is 1. The fourth-order valence-corrected chi connectivity index (χ4v) is 1.23. The molecule has 1 amide bonds. The Kier molecular flexibility index (Phi) is 4.03. The number of nitrogens with one attached hydrogen (secondary N) is 1. The molecule has 0 spiro atoms. The van der Waals surface area contributed by atoms with Crippen molar-refractivity contribution >= 4 is 5.91 Å². The molecule has 0 fully saturated rings. The second-order valence-corrected chi connectivity index (χ2v) is 3.54. The molecule has 0 aliphatic heterocycles. The highest BCUT2D eigenvalue weighted by molar-refractivity contribution is 5.92. The number of pyridine rings is 1. The smallest absolute Gasteiger partial charge is 0.348 e. The lowest BCUT2D eigenvalue weighted by Crippen LogP contribution is -2.36. The Bertz CT molecular complexity index is 406. The monoisotopic (exact) mass is 250 g/mol. The van der Waals surface area contributed by atoms with Crippen LogP contribution in [-0.4, -0.2) is 23.1 Å². The summed E-state index contributed by atoms with van der Waals surface area (Å²) in [5, 5.41) is 2.09. The van der Waals surface area contributed by atoms with E-state index in [2.05, 4.69) is 10.3 Å². The van der Waals surface area contributed by atoms with E-state index in [4.69, 9.17) is 0 Å². The van der Waals surface area contributed by atoms with Crippen molar-refractivity contribution in [2.45, 2.75) is 25.6 Å². The van der Waals surface area contributed by atoms with E-state index in [1.54, 1.807) is 0 Å². The van der Waals surface area contributed by atoms with Crippen molar-refractivity contribution in [1.82, 2.24) is 10.3 Å². The molecule has 1 rings (SSSR count). The summed E-state index contributed by atoms with van der Waals surface area (Å²) in [7, 11) is 0. The molecular weight excluding hydrogens is 240 g/mol. The number of alkyl halides is 3. The van der Waals surface area contributed by atoms with Crippen molar-refractivity contribution in [1.29, 1.82) is 0 Å². The molecule has 0 radical (unpaired) electrons. The van der Waals surface area contributed by atoms with Crippen LogP contribution in [0.3, 0.4) is 0 Å². The first-order valence-electron chi connectivity index (χ1n) is 4.78. The van der Waals surface area contributed by atoms with Gasteiger partial charge in [-0.2, -0.15) is 17.6 Å². The molecule has 1 aromatic rings. The molecule has 0 bridgehead atoms. The predicted octanol–water partition coefficient (Wildman–Crippen LogP) is 2.29. The maximum atomic E-state index is 12.7. The van der Waals surface area contributed by atoms with Crippen molar-refractivity contribution in [3.05, 3.63) is 29.8 Å². The molecule has 0 saturated heterocycles. The zero-order valence-electron chi connectivity index (χ0n) is 8.88. The fourth-order valence-electron chi connectivity index (χ4n) is 1.23. The summed E-state index contributed by atoms with van der Waals surface area (Å²) in [5.74, 6) is -1.69. The number of hydrogen-bond acceptors (Lipinski definition) is 2. The zero-order chi connectivity index (χ0) is 13.1. The minimum absolute atomic E-state index is 0.251. The van der Waals surface area contributed by atoms with Crippen LogP contribution in [0, 0.1) is 5.95 Å². The Morgan fingerprint density at radius 1 is 1.47 bits per heavy atom. The molecule has 17 heavy (non-hydrogen) atoms. The molecule has 1 atom stereocenters. The molecule has 0 aromatic carbocycles. The van der Waals surface area contributed by atoms with Gasteiger partial charge in [-0.25, -0.2) is 4.98 Å². The van der Waals surface area contributed by atoms with Gasteiger partial charge in [-0.15, -0.1) is 0 Å². The van der Waals surface area contributed by atoms with Crippen molar-refractivity contribution in [3.63, 3.8) is 0 Å². The third-order valence-electron chi connectivity index (χ3n) is 1.86. The van der Waals surface area contributed by atoms with Crippen LogP contribution in [0.15, 0.2) is 18.2 Å². The number of hydrogen-bond donors (Lipinski definition) is 1. The van der Waals surface area contributed by atoms with Gasteiger partial charge in [0.25, 0.3) is 5.91 Å². The lowest BCUT2D eigenvalue weighted by Gasteiger charge is -2.15. The first-order valence-corrected chi connectivity index (χ1v) is 4.78. The van der Waals surface area contributed by atoms with Crippen LogP contribution in [0.25, 0.3) is 0 Å². The quantitative estimate of drug-likeness (QED) is 0.660. The van der Waals surface area contributed by atoms with Crippen LogP contribution in [0.2, 0.25) is 0 Å². The number of rotatable bonds is 3. The molecule has 7 heteroatoms. The van der Waals surface area contributed by atoms with E-state index in [0.717, 1.165) is 6.07 Å². The van der Waals surface area contributed by atoms with E-state index in [0.29, 0.717) is 0 Å². The second kappa shape index (κ2) is 5.11. The Labute approximate surface area is 94.8 Å². The molecule has 1 heterocycles. The SMILES string of the molecule is CC(CC(F)(F)F)NC(=O)c1cccc(F)n1. The molecule has 1 aromatic heterocycles. The lowest BCUT2D eigenvalue weighted by molar-refractivity contribution is -0.138. The molecule has 1 unspecified atom stereocenters. The largest absolute Gasteiger partial charge is 0.391 e. The maximum Gasteiger partial charge on any atom is 0.391 e. The molecule has 3 nitrogen and oxygen atoms in total. The van der Waals surface area contributed by atoms with Gasteiger partial charge in [-0.1, -0.05) is 6.07 Å². The standard InChI is InChI=1S/C10H10F4N2O/c1-6(5-10(12,13)14)15-9(17)7-3-2-4-8(11)16-7/h2-4,6H,5H2,1H3,(H,15,17). The van der Waals surface area contributed by atoms with Gasteiger partial charge < -0.3 is 5.32 Å². The van der Waals surface area contributed by atoms with Gasteiger partial charge in [0, 0.05) is 6.04 Å². The molecule has 0 saturated carbocycles. The van der Waals surface area contributed by atoms with Gasteiger partial charge in [0.15, 0.2) is 0 Å². The third-order valence-corrected chi connectivity index (χ3v) is 1.86. The minimum Gasteiger partial charge on any atom is -0.348 e. The van der Waals surface area contributed by atoms with Crippen LogP contribution < -0.4 is 5.32 Å². The molecule has 0 aliphatic rings. The number of carbonyl (C=O) groups is 1. The summed E-state index contributed by atoms with van der Waals surface area (Å²) in [4.78, 5) is 14.6. The van der Waals surface area contributed by atoms with Crippen LogP contribution >= 0.6 is 0 Å². The van der Waals surface area contributed by atoms with E-state index < -0.39 is 30.5 Å². The Morgan fingerprint density at radius 2 is 2.12 bits per heavy atom. The summed E-state index contributed by atoms with van der Waals surface area (Å²) in [5.41, 5.74) is -0.251.